The number of carbonyl (C=O) groups is 1. The molecule has 0 fully saturated rings. The number of benzene rings is 1. The van der Waals surface area contributed by atoms with Crippen LogP contribution >= 0.6 is 0 Å². The number of rotatable bonds is 3. The molecule has 0 aliphatic rings. The molecule has 0 aliphatic carbocycles. The van der Waals surface area contributed by atoms with Crippen molar-refractivity contribution in [2.24, 2.45) is 0 Å². The Kier molecular flexibility index (Phi) is 3.84. The molecule has 0 radical (unpaired) electrons. The Morgan fingerprint density at radius 3 is 2.35 bits per heavy atom. The average Bonchev–Trinajstić information content (AvgIpc) is 2.38. The highest BCUT2D eigenvalue weighted by Crippen LogP contribution is 2.29. The van der Waals surface area contributed by atoms with Crippen molar-refractivity contribution in [3.05, 3.63) is 53.0 Å². The first-order valence-corrected chi connectivity index (χ1v) is 6.41. The van der Waals surface area contributed by atoms with Gasteiger partial charge in [0.1, 0.15) is 5.82 Å². The van der Waals surface area contributed by atoms with Gasteiger partial charge in [-0.25, -0.2) is 9.18 Å². The van der Waals surface area contributed by atoms with Gasteiger partial charge in [0.2, 0.25) is 0 Å². The van der Waals surface area contributed by atoms with E-state index in [1.807, 2.05) is 20.8 Å². The highest BCUT2D eigenvalue weighted by atomic mass is 19.1. The number of halogens is 1. The molecule has 0 saturated carbocycles. The molecule has 1 heterocycles. The van der Waals surface area contributed by atoms with Crippen LogP contribution in [-0.2, 0) is 0 Å². The number of aryl methyl sites for hydroxylation is 1. The van der Waals surface area contributed by atoms with Gasteiger partial charge in [-0.05, 0) is 48.7 Å². The first-order valence-electron chi connectivity index (χ1n) is 6.41. The fourth-order valence-electron chi connectivity index (χ4n) is 2.20. The summed E-state index contributed by atoms with van der Waals surface area (Å²) in [5.41, 5.74) is 2.68. The summed E-state index contributed by atoms with van der Waals surface area (Å²) in [6.45, 7) is 5.70. The minimum Gasteiger partial charge on any atom is -0.478 e. The Labute approximate surface area is 117 Å². The first-order chi connectivity index (χ1) is 9.40. The van der Waals surface area contributed by atoms with Crippen LogP contribution in [0.4, 0.5) is 4.39 Å². The second kappa shape index (κ2) is 5.41. The normalized spacial score (nSPS) is 10.8. The zero-order valence-corrected chi connectivity index (χ0v) is 11.6. The molecule has 3 nitrogen and oxygen atoms in total. The van der Waals surface area contributed by atoms with Gasteiger partial charge in [0.25, 0.3) is 0 Å². The summed E-state index contributed by atoms with van der Waals surface area (Å²) in [6, 6.07) is 7.50. The van der Waals surface area contributed by atoms with Crippen molar-refractivity contribution in [3.8, 4) is 11.3 Å². The van der Waals surface area contributed by atoms with Crippen molar-refractivity contribution >= 4 is 5.97 Å². The van der Waals surface area contributed by atoms with E-state index >= 15 is 0 Å². The fraction of sp³-hybridized carbons (Fsp3) is 0.250. The minimum atomic E-state index is -1.01. The molecule has 0 bridgehead atoms. The molecule has 4 heteroatoms. The van der Waals surface area contributed by atoms with E-state index in [2.05, 4.69) is 4.98 Å². The summed E-state index contributed by atoms with van der Waals surface area (Å²) in [6.07, 6.45) is 0. The number of nitrogens with zero attached hydrogens (tertiary/aromatic N) is 1. The van der Waals surface area contributed by atoms with Crippen LogP contribution in [0.3, 0.4) is 0 Å². The van der Waals surface area contributed by atoms with Gasteiger partial charge in [-0.3, -0.25) is 4.98 Å². The van der Waals surface area contributed by atoms with Gasteiger partial charge in [-0.1, -0.05) is 13.8 Å². The van der Waals surface area contributed by atoms with Crippen LogP contribution in [0, 0.1) is 12.7 Å². The molecular formula is C16H16FNO2. The van der Waals surface area contributed by atoms with Crippen LogP contribution < -0.4 is 0 Å². The van der Waals surface area contributed by atoms with Gasteiger partial charge >= 0.3 is 5.97 Å². The number of hydrogen-bond donors (Lipinski definition) is 1. The van der Waals surface area contributed by atoms with Crippen LogP contribution in [0.1, 0.15) is 41.4 Å². The average molecular weight is 273 g/mol. The Balaban J connectivity index is 2.74. The summed E-state index contributed by atoms with van der Waals surface area (Å²) in [4.78, 5) is 15.9. The first kappa shape index (κ1) is 14.2. The van der Waals surface area contributed by atoms with E-state index in [-0.39, 0.29) is 17.3 Å². The molecule has 0 amide bonds. The molecule has 2 rings (SSSR count). The Hall–Kier alpha value is -2.23. The standard InChI is InChI=1S/C16H16FNO2/c1-9(2)13-8-10(3)18-15(14(13)16(19)20)11-4-6-12(17)7-5-11/h4-9H,1-3H3,(H,19,20). The van der Waals surface area contributed by atoms with Gasteiger partial charge < -0.3 is 5.11 Å². The lowest BCUT2D eigenvalue weighted by Crippen LogP contribution is -2.09. The SMILES string of the molecule is Cc1cc(C(C)C)c(C(=O)O)c(-c2ccc(F)cc2)n1. The molecule has 0 aliphatic heterocycles. The van der Waals surface area contributed by atoms with E-state index in [9.17, 15) is 14.3 Å². The van der Waals surface area contributed by atoms with Crippen molar-refractivity contribution < 1.29 is 14.3 Å². The Morgan fingerprint density at radius 2 is 1.85 bits per heavy atom. The quantitative estimate of drug-likeness (QED) is 0.919. The van der Waals surface area contributed by atoms with E-state index in [0.29, 0.717) is 11.3 Å². The lowest BCUT2D eigenvalue weighted by Gasteiger charge is -2.15. The van der Waals surface area contributed by atoms with E-state index in [1.165, 1.54) is 12.1 Å². The Bertz CT molecular complexity index is 648. The third-order valence-corrected chi connectivity index (χ3v) is 3.13. The van der Waals surface area contributed by atoms with Crippen molar-refractivity contribution in [3.63, 3.8) is 0 Å². The van der Waals surface area contributed by atoms with Gasteiger partial charge in [-0.2, -0.15) is 0 Å². The molecule has 0 saturated heterocycles. The summed E-state index contributed by atoms with van der Waals surface area (Å²) in [5.74, 6) is -1.30. The highest BCUT2D eigenvalue weighted by molar-refractivity contribution is 5.96. The van der Waals surface area contributed by atoms with Crippen molar-refractivity contribution in [2.75, 3.05) is 0 Å². The van der Waals surface area contributed by atoms with Crippen LogP contribution in [0.25, 0.3) is 11.3 Å². The van der Waals surface area contributed by atoms with Gasteiger partial charge in [0, 0.05) is 11.3 Å². The van der Waals surface area contributed by atoms with Crippen LogP contribution in [-0.4, -0.2) is 16.1 Å². The van der Waals surface area contributed by atoms with Crippen LogP contribution in [0.15, 0.2) is 30.3 Å². The van der Waals surface area contributed by atoms with Crippen LogP contribution in [0.5, 0.6) is 0 Å². The summed E-state index contributed by atoms with van der Waals surface area (Å²) >= 11 is 0. The number of aromatic nitrogens is 1. The smallest absolute Gasteiger partial charge is 0.338 e. The lowest BCUT2D eigenvalue weighted by atomic mass is 9.93. The van der Waals surface area contributed by atoms with Crippen molar-refractivity contribution in [2.45, 2.75) is 26.7 Å². The predicted molar refractivity (Wildman–Crippen MR) is 75.4 cm³/mol. The number of aromatic carboxylic acids is 1. The summed E-state index contributed by atoms with van der Waals surface area (Å²) in [5, 5.41) is 9.49. The van der Waals surface area contributed by atoms with Crippen molar-refractivity contribution in [1.82, 2.24) is 4.98 Å². The number of carboxylic acid groups (broad SMARTS) is 1. The molecule has 0 spiro atoms. The monoisotopic (exact) mass is 273 g/mol. The second-order valence-electron chi connectivity index (χ2n) is 5.04. The zero-order valence-electron chi connectivity index (χ0n) is 11.6. The fourth-order valence-corrected chi connectivity index (χ4v) is 2.20. The largest absolute Gasteiger partial charge is 0.478 e. The number of carboxylic acids is 1. The maximum Gasteiger partial charge on any atom is 0.338 e. The maximum atomic E-state index is 13.0. The third kappa shape index (κ3) is 2.69. The Morgan fingerprint density at radius 1 is 1.25 bits per heavy atom. The van der Waals surface area contributed by atoms with E-state index in [4.69, 9.17) is 0 Å². The molecular weight excluding hydrogens is 257 g/mol. The van der Waals surface area contributed by atoms with E-state index in [0.717, 1.165) is 11.3 Å². The summed E-state index contributed by atoms with van der Waals surface area (Å²) in [7, 11) is 0. The molecule has 1 aromatic heterocycles. The summed E-state index contributed by atoms with van der Waals surface area (Å²) < 4.78 is 13.0. The van der Waals surface area contributed by atoms with Gasteiger partial charge in [0.15, 0.2) is 0 Å². The highest BCUT2D eigenvalue weighted by Gasteiger charge is 2.20. The second-order valence-corrected chi connectivity index (χ2v) is 5.04. The van der Waals surface area contributed by atoms with Crippen LogP contribution in [0.2, 0.25) is 0 Å². The zero-order chi connectivity index (χ0) is 14.9. The van der Waals surface area contributed by atoms with Gasteiger partial charge in [0.05, 0.1) is 11.3 Å². The minimum absolute atomic E-state index is 0.0713. The molecule has 0 atom stereocenters. The molecule has 0 unspecified atom stereocenters. The lowest BCUT2D eigenvalue weighted by molar-refractivity contribution is 0.0695. The van der Waals surface area contributed by atoms with Gasteiger partial charge in [-0.15, -0.1) is 0 Å². The number of hydrogen-bond acceptors (Lipinski definition) is 2. The molecule has 2 aromatic rings. The van der Waals surface area contributed by atoms with E-state index in [1.54, 1.807) is 18.2 Å². The third-order valence-electron chi connectivity index (χ3n) is 3.13. The predicted octanol–water partition coefficient (Wildman–Crippen LogP) is 4.02. The number of pyridine rings is 1. The molecule has 1 aromatic carbocycles. The maximum absolute atomic E-state index is 13.0. The molecule has 1 N–H and O–H groups in total. The molecule has 20 heavy (non-hydrogen) atoms. The molecule has 104 valence electrons. The van der Waals surface area contributed by atoms with E-state index < -0.39 is 5.97 Å². The topological polar surface area (TPSA) is 50.2 Å². The van der Waals surface area contributed by atoms with Crippen molar-refractivity contribution in [1.29, 1.82) is 0 Å².